The first kappa shape index (κ1) is 21.3. The maximum atomic E-state index is 12.7. The third kappa shape index (κ3) is 4.64. The fourth-order valence-electron chi connectivity index (χ4n) is 4.87. The fraction of sp³-hybridized carbons (Fsp3) is 0.308. The van der Waals surface area contributed by atoms with E-state index in [0.717, 1.165) is 28.4 Å². The number of aromatic amines is 2. The first-order chi connectivity index (χ1) is 16.1. The Hall–Kier alpha value is -3.58. The van der Waals surface area contributed by atoms with Gasteiger partial charge in [0, 0.05) is 59.8 Å². The van der Waals surface area contributed by atoms with E-state index in [0.29, 0.717) is 19.5 Å². The molecule has 1 fully saturated rings. The van der Waals surface area contributed by atoms with Gasteiger partial charge in [0.1, 0.15) is 6.61 Å². The first-order valence-electron chi connectivity index (χ1n) is 11.3. The minimum atomic E-state index is -0.310. The van der Waals surface area contributed by atoms with Crippen LogP contribution in [0.5, 0.6) is 0 Å². The molecule has 0 spiro atoms. The smallest absolute Gasteiger partial charge is 0.302 e. The van der Waals surface area contributed by atoms with Gasteiger partial charge in [0.25, 0.3) is 0 Å². The number of H-pyrrole nitrogens is 2. The Morgan fingerprint density at radius 1 is 1.03 bits per heavy atom. The Bertz CT molecular complexity index is 1290. The fourth-order valence-corrected chi connectivity index (χ4v) is 4.87. The molecule has 1 saturated heterocycles. The summed E-state index contributed by atoms with van der Waals surface area (Å²) >= 11 is 0. The molecule has 0 bridgehead atoms. The van der Waals surface area contributed by atoms with E-state index in [1.165, 1.54) is 17.9 Å². The van der Waals surface area contributed by atoms with Crippen molar-refractivity contribution in [1.29, 1.82) is 0 Å². The summed E-state index contributed by atoms with van der Waals surface area (Å²) in [6.07, 6.45) is 5.46. The second-order valence-corrected chi connectivity index (χ2v) is 8.78. The molecule has 2 aromatic heterocycles. The number of rotatable bonds is 7. The number of nitrogens with one attached hydrogen (secondary N) is 3. The minimum absolute atomic E-state index is 0.00200. The van der Waals surface area contributed by atoms with Crippen molar-refractivity contribution in [3.8, 4) is 0 Å². The normalized spacial score (nSPS) is 17.8. The molecule has 33 heavy (non-hydrogen) atoms. The van der Waals surface area contributed by atoms with E-state index in [2.05, 4.69) is 38.4 Å². The summed E-state index contributed by atoms with van der Waals surface area (Å²) in [6.45, 7) is 2.66. The highest BCUT2D eigenvalue weighted by Crippen LogP contribution is 2.23. The Morgan fingerprint density at radius 2 is 1.67 bits per heavy atom. The lowest BCUT2D eigenvalue weighted by Gasteiger charge is -2.38. The van der Waals surface area contributed by atoms with E-state index in [-0.39, 0.29) is 30.6 Å². The molecular weight excluding hydrogens is 416 g/mol. The summed E-state index contributed by atoms with van der Waals surface area (Å²) in [4.78, 5) is 33.0. The molecule has 5 rings (SSSR count). The largest absolute Gasteiger partial charge is 0.464 e. The van der Waals surface area contributed by atoms with Gasteiger partial charge in [-0.25, -0.2) is 0 Å². The van der Waals surface area contributed by atoms with Crippen LogP contribution in [0.15, 0.2) is 60.9 Å². The van der Waals surface area contributed by atoms with Gasteiger partial charge in [-0.1, -0.05) is 36.4 Å². The Balaban J connectivity index is 1.36. The van der Waals surface area contributed by atoms with Gasteiger partial charge >= 0.3 is 5.97 Å². The molecule has 1 aliphatic heterocycles. The van der Waals surface area contributed by atoms with Crippen LogP contribution in [-0.2, 0) is 27.2 Å². The van der Waals surface area contributed by atoms with E-state index >= 15 is 0 Å². The number of piperazine rings is 1. The van der Waals surface area contributed by atoms with Crippen LogP contribution in [0.4, 0.5) is 0 Å². The number of esters is 1. The lowest BCUT2D eigenvalue weighted by molar-refractivity contribution is -0.143. The van der Waals surface area contributed by atoms with Gasteiger partial charge in [0.15, 0.2) is 0 Å². The molecule has 0 radical (unpaired) electrons. The predicted molar refractivity (Wildman–Crippen MR) is 128 cm³/mol. The van der Waals surface area contributed by atoms with Crippen molar-refractivity contribution in [3.05, 3.63) is 72.1 Å². The second kappa shape index (κ2) is 9.11. The van der Waals surface area contributed by atoms with Crippen LogP contribution >= 0.6 is 0 Å². The van der Waals surface area contributed by atoms with Crippen LogP contribution in [0.2, 0.25) is 0 Å². The number of ether oxygens (including phenoxy) is 1. The zero-order valence-corrected chi connectivity index (χ0v) is 18.6. The van der Waals surface area contributed by atoms with Gasteiger partial charge in [-0.15, -0.1) is 0 Å². The summed E-state index contributed by atoms with van der Waals surface area (Å²) in [6, 6.07) is 16.2. The highest BCUT2D eigenvalue weighted by atomic mass is 16.5. The standard InChI is InChI=1S/C26H28N4O3/c1-17(31)33-16-21(11-19-13-28-25-9-5-3-7-23(19)25)30-14-20(29-26(32)15-30)10-18-12-27-24-8-4-2-6-22(18)24/h2-9,12-13,20-21,27-28H,10-11,14-16H2,1H3,(H,29,32)/t20-,21-/m0/s1. The van der Waals surface area contributed by atoms with Crippen molar-refractivity contribution in [2.24, 2.45) is 0 Å². The van der Waals surface area contributed by atoms with Crippen LogP contribution in [0.3, 0.4) is 0 Å². The molecular formula is C26H28N4O3. The van der Waals surface area contributed by atoms with Crippen molar-refractivity contribution >= 4 is 33.7 Å². The third-order valence-corrected chi connectivity index (χ3v) is 6.43. The van der Waals surface area contributed by atoms with Gasteiger partial charge in [-0.05, 0) is 36.1 Å². The SMILES string of the molecule is CC(=O)OC[C@H](Cc1c[nH]c2ccccc12)N1CC(=O)N[C@@H](Cc2c[nH]c3ccccc23)C1. The number of hydrogen-bond acceptors (Lipinski definition) is 4. The highest BCUT2D eigenvalue weighted by Gasteiger charge is 2.31. The van der Waals surface area contributed by atoms with Crippen LogP contribution in [-0.4, -0.2) is 58.5 Å². The van der Waals surface area contributed by atoms with Gasteiger partial charge < -0.3 is 20.0 Å². The number of para-hydroxylation sites is 2. The molecule has 7 heteroatoms. The molecule has 170 valence electrons. The van der Waals surface area contributed by atoms with Crippen molar-refractivity contribution in [1.82, 2.24) is 20.2 Å². The maximum Gasteiger partial charge on any atom is 0.302 e. The molecule has 1 aliphatic rings. The molecule has 3 N–H and O–H groups in total. The average molecular weight is 445 g/mol. The van der Waals surface area contributed by atoms with Crippen LogP contribution < -0.4 is 5.32 Å². The molecule has 4 aromatic rings. The summed E-state index contributed by atoms with van der Waals surface area (Å²) in [5.74, 6) is -0.312. The van der Waals surface area contributed by atoms with Crippen molar-refractivity contribution in [2.75, 3.05) is 19.7 Å². The zero-order valence-electron chi connectivity index (χ0n) is 18.6. The number of carbonyl (C=O) groups is 2. The van der Waals surface area contributed by atoms with Gasteiger partial charge in [0.05, 0.1) is 6.54 Å². The van der Waals surface area contributed by atoms with Crippen LogP contribution in [0.1, 0.15) is 18.1 Å². The number of benzene rings is 2. The third-order valence-electron chi connectivity index (χ3n) is 6.43. The van der Waals surface area contributed by atoms with E-state index in [4.69, 9.17) is 4.74 Å². The molecule has 7 nitrogen and oxygen atoms in total. The topological polar surface area (TPSA) is 90.2 Å². The number of fused-ring (bicyclic) bond motifs is 2. The van der Waals surface area contributed by atoms with Crippen LogP contribution in [0.25, 0.3) is 21.8 Å². The van der Waals surface area contributed by atoms with E-state index in [9.17, 15) is 9.59 Å². The van der Waals surface area contributed by atoms with E-state index in [1.54, 1.807) is 0 Å². The molecule has 0 aliphatic carbocycles. The number of amides is 1. The summed E-state index contributed by atoms with van der Waals surface area (Å²) < 4.78 is 5.42. The van der Waals surface area contributed by atoms with Gasteiger partial charge in [0.2, 0.25) is 5.91 Å². The monoisotopic (exact) mass is 444 g/mol. The second-order valence-electron chi connectivity index (χ2n) is 8.78. The Labute approximate surface area is 192 Å². The lowest BCUT2D eigenvalue weighted by Crippen LogP contribution is -2.58. The summed E-state index contributed by atoms with van der Waals surface area (Å²) in [5.41, 5.74) is 4.51. The average Bonchev–Trinajstić information content (AvgIpc) is 3.40. The van der Waals surface area contributed by atoms with Crippen LogP contribution in [0, 0.1) is 0 Å². The summed E-state index contributed by atoms with van der Waals surface area (Å²) in [7, 11) is 0. The van der Waals surface area contributed by atoms with Gasteiger partial charge in [-0.2, -0.15) is 0 Å². The van der Waals surface area contributed by atoms with Crippen molar-refractivity contribution < 1.29 is 14.3 Å². The summed E-state index contributed by atoms with van der Waals surface area (Å²) in [5, 5.41) is 5.48. The molecule has 0 saturated carbocycles. The predicted octanol–water partition coefficient (Wildman–Crippen LogP) is 3.17. The minimum Gasteiger partial charge on any atom is -0.464 e. The highest BCUT2D eigenvalue weighted by molar-refractivity contribution is 5.84. The Kier molecular flexibility index (Phi) is 5.88. The molecule has 2 atom stereocenters. The zero-order chi connectivity index (χ0) is 22.8. The number of carbonyl (C=O) groups excluding carboxylic acids is 2. The maximum absolute atomic E-state index is 12.7. The lowest BCUT2D eigenvalue weighted by atomic mass is 9.99. The van der Waals surface area contributed by atoms with E-state index in [1.807, 2.05) is 42.7 Å². The first-order valence-corrected chi connectivity index (χ1v) is 11.3. The molecule has 1 amide bonds. The van der Waals surface area contributed by atoms with E-state index < -0.39 is 0 Å². The van der Waals surface area contributed by atoms with Gasteiger partial charge in [-0.3, -0.25) is 14.5 Å². The Morgan fingerprint density at radius 3 is 2.36 bits per heavy atom. The number of aromatic nitrogens is 2. The molecule has 0 unspecified atom stereocenters. The quantitative estimate of drug-likeness (QED) is 0.382. The van der Waals surface area contributed by atoms with Crippen molar-refractivity contribution in [2.45, 2.75) is 31.8 Å². The molecule has 3 heterocycles. The molecule has 2 aromatic carbocycles. The number of nitrogens with zero attached hydrogens (tertiary/aromatic N) is 1. The van der Waals surface area contributed by atoms with Crippen molar-refractivity contribution in [3.63, 3.8) is 0 Å². The number of hydrogen-bond donors (Lipinski definition) is 3.